The maximum atomic E-state index is 13.0. The van der Waals surface area contributed by atoms with Crippen molar-refractivity contribution in [3.63, 3.8) is 0 Å². The lowest BCUT2D eigenvalue weighted by molar-refractivity contribution is -0.116. The third kappa shape index (κ3) is 3.86. The molecule has 0 unspecified atom stereocenters. The maximum Gasteiger partial charge on any atom is 0.224 e. The number of halogens is 1. The van der Waals surface area contributed by atoms with Crippen LogP contribution in [0.2, 0.25) is 0 Å². The summed E-state index contributed by atoms with van der Waals surface area (Å²) in [5, 5.41) is 11.8. The van der Waals surface area contributed by atoms with Gasteiger partial charge >= 0.3 is 0 Å². The van der Waals surface area contributed by atoms with Gasteiger partial charge in [-0.2, -0.15) is 0 Å². The minimum absolute atomic E-state index is 0.165. The molecule has 20 heavy (non-hydrogen) atoms. The Bertz CT molecular complexity index is 602. The maximum absolute atomic E-state index is 13.0. The highest BCUT2D eigenvalue weighted by Gasteiger charge is 2.07. The van der Waals surface area contributed by atoms with Crippen LogP contribution in [0, 0.1) is 5.82 Å². The Morgan fingerprint density at radius 1 is 1.35 bits per heavy atom. The van der Waals surface area contributed by atoms with Gasteiger partial charge in [0.05, 0.1) is 18.5 Å². The van der Waals surface area contributed by atoms with Gasteiger partial charge in [0.25, 0.3) is 0 Å². The molecule has 4 nitrogen and oxygen atoms in total. The Kier molecular flexibility index (Phi) is 4.79. The zero-order valence-corrected chi connectivity index (χ0v) is 10.8. The molecule has 0 fully saturated rings. The van der Waals surface area contributed by atoms with Gasteiger partial charge in [-0.25, -0.2) is 4.39 Å². The largest absolute Gasteiger partial charge is 0.392 e. The molecule has 0 bridgehead atoms. The van der Waals surface area contributed by atoms with Crippen molar-refractivity contribution in [1.29, 1.82) is 0 Å². The van der Waals surface area contributed by atoms with Crippen LogP contribution in [0.1, 0.15) is 17.5 Å². The van der Waals surface area contributed by atoms with E-state index in [-0.39, 0.29) is 24.8 Å². The van der Waals surface area contributed by atoms with Crippen LogP contribution in [-0.2, 0) is 17.8 Å². The van der Waals surface area contributed by atoms with Gasteiger partial charge < -0.3 is 10.4 Å². The SMILES string of the molecule is O=C(CCc1cccc(F)c1)Nc1cnccc1CO. The molecule has 0 saturated carbocycles. The van der Waals surface area contributed by atoms with Crippen molar-refractivity contribution in [2.75, 3.05) is 5.32 Å². The second-order valence-corrected chi connectivity index (χ2v) is 4.37. The number of hydrogen-bond donors (Lipinski definition) is 2. The third-order valence-corrected chi connectivity index (χ3v) is 2.89. The number of carbonyl (C=O) groups excluding carboxylic acids is 1. The van der Waals surface area contributed by atoms with E-state index in [4.69, 9.17) is 5.11 Å². The van der Waals surface area contributed by atoms with Gasteiger partial charge in [-0.3, -0.25) is 9.78 Å². The number of amides is 1. The minimum Gasteiger partial charge on any atom is -0.392 e. The quantitative estimate of drug-likeness (QED) is 0.879. The number of pyridine rings is 1. The number of aryl methyl sites for hydroxylation is 1. The highest BCUT2D eigenvalue weighted by molar-refractivity contribution is 5.91. The number of aromatic nitrogens is 1. The van der Waals surface area contributed by atoms with Crippen molar-refractivity contribution in [1.82, 2.24) is 4.98 Å². The van der Waals surface area contributed by atoms with Crippen LogP contribution in [-0.4, -0.2) is 16.0 Å². The number of nitrogens with one attached hydrogen (secondary N) is 1. The van der Waals surface area contributed by atoms with E-state index in [0.717, 1.165) is 5.56 Å². The normalized spacial score (nSPS) is 10.3. The number of anilines is 1. The van der Waals surface area contributed by atoms with E-state index in [1.54, 1.807) is 24.4 Å². The summed E-state index contributed by atoms with van der Waals surface area (Å²) in [6.07, 6.45) is 3.74. The highest BCUT2D eigenvalue weighted by Crippen LogP contribution is 2.14. The smallest absolute Gasteiger partial charge is 0.224 e. The number of aliphatic hydroxyl groups excluding tert-OH is 1. The molecule has 1 aromatic heterocycles. The number of rotatable bonds is 5. The first-order valence-corrected chi connectivity index (χ1v) is 6.27. The first kappa shape index (κ1) is 14.1. The van der Waals surface area contributed by atoms with Crippen LogP contribution < -0.4 is 5.32 Å². The second kappa shape index (κ2) is 6.77. The van der Waals surface area contributed by atoms with Crippen LogP contribution in [0.15, 0.2) is 42.7 Å². The minimum atomic E-state index is -0.308. The average Bonchev–Trinajstić information content (AvgIpc) is 2.46. The molecule has 0 radical (unpaired) electrons. The van der Waals surface area contributed by atoms with E-state index >= 15 is 0 Å². The van der Waals surface area contributed by atoms with Crippen molar-refractivity contribution in [3.8, 4) is 0 Å². The van der Waals surface area contributed by atoms with E-state index in [2.05, 4.69) is 10.3 Å². The zero-order valence-electron chi connectivity index (χ0n) is 10.8. The summed E-state index contributed by atoms with van der Waals surface area (Å²) < 4.78 is 13.0. The predicted molar refractivity (Wildman–Crippen MR) is 73.5 cm³/mol. The first-order valence-electron chi connectivity index (χ1n) is 6.27. The number of benzene rings is 1. The Morgan fingerprint density at radius 2 is 2.20 bits per heavy atom. The van der Waals surface area contributed by atoms with Gasteiger partial charge in [-0.15, -0.1) is 0 Å². The molecule has 5 heteroatoms. The zero-order chi connectivity index (χ0) is 14.4. The highest BCUT2D eigenvalue weighted by atomic mass is 19.1. The van der Waals surface area contributed by atoms with Gasteiger partial charge in [0.15, 0.2) is 0 Å². The predicted octanol–water partition coefficient (Wildman–Crippen LogP) is 2.28. The summed E-state index contributed by atoms with van der Waals surface area (Å²) in [5.74, 6) is -0.505. The molecular formula is C15H15FN2O2. The first-order chi connectivity index (χ1) is 9.69. The van der Waals surface area contributed by atoms with Crippen LogP contribution in [0.3, 0.4) is 0 Å². The van der Waals surface area contributed by atoms with Crippen molar-refractivity contribution in [2.45, 2.75) is 19.4 Å². The molecule has 1 aromatic carbocycles. The molecule has 2 rings (SSSR count). The second-order valence-electron chi connectivity index (χ2n) is 4.37. The van der Waals surface area contributed by atoms with Crippen LogP contribution in [0.25, 0.3) is 0 Å². The number of aliphatic hydroxyl groups is 1. The van der Waals surface area contributed by atoms with Gasteiger partial charge in [0.2, 0.25) is 5.91 Å². The van der Waals surface area contributed by atoms with Gasteiger partial charge in [0.1, 0.15) is 5.82 Å². The monoisotopic (exact) mass is 274 g/mol. The molecule has 0 saturated heterocycles. The molecule has 104 valence electrons. The summed E-state index contributed by atoms with van der Waals surface area (Å²) in [6.45, 7) is -0.165. The molecule has 0 aliphatic heterocycles. The van der Waals surface area contributed by atoms with E-state index in [1.807, 2.05) is 0 Å². The van der Waals surface area contributed by atoms with E-state index < -0.39 is 0 Å². The summed E-state index contributed by atoms with van der Waals surface area (Å²) in [7, 11) is 0. The van der Waals surface area contributed by atoms with Crippen molar-refractivity contribution >= 4 is 11.6 Å². The average molecular weight is 274 g/mol. The molecule has 0 spiro atoms. The summed E-state index contributed by atoms with van der Waals surface area (Å²) in [5.41, 5.74) is 1.88. The number of hydrogen-bond acceptors (Lipinski definition) is 3. The molecule has 0 atom stereocenters. The van der Waals surface area contributed by atoms with Crippen molar-refractivity contribution in [3.05, 3.63) is 59.7 Å². The standard InChI is InChI=1S/C15H15FN2O2/c16-13-3-1-2-11(8-13)4-5-15(20)18-14-9-17-7-6-12(14)10-19/h1-3,6-9,19H,4-5,10H2,(H,18,20). The summed E-state index contributed by atoms with van der Waals surface area (Å²) >= 11 is 0. The molecule has 1 amide bonds. The number of carbonyl (C=O) groups is 1. The molecule has 0 aliphatic rings. The lowest BCUT2D eigenvalue weighted by atomic mass is 10.1. The lowest BCUT2D eigenvalue weighted by Crippen LogP contribution is -2.14. The van der Waals surface area contributed by atoms with Crippen LogP contribution in [0.4, 0.5) is 10.1 Å². The van der Waals surface area contributed by atoms with Gasteiger partial charge in [-0.05, 0) is 30.2 Å². The number of nitrogens with zero attached hydrogens (tertiary/aromatic N) is 1. The van der Waals surface area contributed by atoms with Crippen LogP contribution in [0.5, 0.6) is 0 Å². The fraction of sp³-hybridized carbons (Fsp3) is 0.200. The van der Waals surface area contributed by atoms with Crippen molar-refractivity contribution < 1.29 is 14.3 Å². The van der Waals surface area contributed by atoms with Gasteiger partial charge in [0, 0.05) is 18.2 Å². The summed E-state index contributed by atoms with van der Waals surface area (Å²) in [4.78, 5) is 15.7. The molecule has 1 heterocycles. The van der Waals surface area contributed by atoms with E-state index in [0.29, 0.717) is 17.7 Å². The van der Waals surface area contributed by atoms with E-state index in [9.17, 15) is 9.18 Å². The molecule has 2 aromatic rings. The molecule has 0 aliphatic carbocycles. The Morgan fingerprint density at radius 3 is 2.95 bits per heavy atom. The van der Waals surface area contributed by atoms with Crippen molar-refractivity contribution in [2.24, 2.45) is 0 Å². The van der Waals surface area contributed by atoms with Crippen LogP contribution >= 0.6 is 0 Å². The third-order valence-electron chi connectivity index (χ3n) is 2.89. The fourth-order valence-corrected chi connectivity index (χ4v) is 1.84. The molecular weight excluding hydrogens is 259 g/mol. The Hall–Kier alpha value is -2.27. The molecule has 2 N–H and O–H groups in total. The topological polar surface area (TPSA) is 62.2 Å². The lowest BCUT2D eigenvalue weighted by Gasteiger charge is -2.08. The van der Waals surface area contributed by atoms with E-state index in [1.165, 1.54) is 18.3 Å². The summed E-state index contributed by atoms with van der Waals surface area (Å²) in [6, 6.07) is 7.82. The Balaban J connectivity index is 1.93. The van der Waals surface area contributed by atoms with Gasteiger partial charge in [-0.1, -0.05) is 12.1 Å². The fourth-order valence-electron chi connectivity index (χ4n) is 1.84. The Labute approximate surface area is 116 Å².